The van der Waals surface area contributed by atoms with E-state index in [1.54, 1.807) is 0 Å². The first-order valence-electron chi connectivity index (χ1n) is 5.39. The molecule has 2 aromatic carbocycles. The summed E-state index contributed by atoms with van der Waals surface area (Å²) in [6.45, 7) is 0.814. The SMILES string of the molecule is [c]1ccc(OCc2ccc3c(c2)OCO3)cc1. The molecule has 85 valence electrons. The van der Waals surface area contributed by atoms with E-state index in [4.69, 9.17) is 14.2 Å². The van der Waals surface area contributed by atoms with E-state index in [9.17, 15) is 0 Å². The molecule has 1 heterocycles. The Hall–Kier alpha value is -2.16. The standard InChI is InChI=1S/C14H11O3/c1-2-4-12(5-3-1)15-9-11-6-7-13-14(8-11)17-10-16-13/h2-8H,9-10H2. The lowest BCUT2D eigenvalue weighted by Crippen LogP contribution is -1.95. The van der Waals surface area contributed by atoms with Crippen molar-refractivity contribution in [3.05, 3.63) is 54.1 Å². The lowest BCUT2D eigenvalue weighted by molar-refractivity contribution is 0.174. The van der Waals surface area contributed by atoms with Crippen molar-refractivity contribution in [2.75, 3.05) is 6.79 Å². The van der Waals surface area contributed by atoms with Crippen molar-refractivity contribution in [1.29, 1.82) is 0 Å². The number of fused-ring (bicyclic) bond motifs is 1. The number of ether oxygens (including phenoxy) is 3. The summed E-state index contributed by atoms with van der Waals surface area (Å²) in [5.41, 5.74) is 1.06. The van der Waals surface area contributed by atoms with Crippen molar-refractivity contribution < 1.29 is 14.2 Å². The maximum atomic E-state index is 5.64. The van der Waals surface area contributed by atoms with E-state index in [0.717, 1.165) is 22.8 Å². The highest BCUT2D eigenvalue weighted by molar-refractivity contribution is 5.44. The zero-order valence-corrected chi connectivity index (χ0v) is 9.18. The van der Waals surface area contributed by atoms with Crippen molar-refractivity contribution >= 4 is 0 Å². The van der Waals surface area contributed by atoms with Gasteiger partial charge < -0.3 is 14.2 Å². The fraction of sp³-hybridized carbons (Fsp3) is 0.143. The molecule has 1 aliphatic rings. The van der Waals surface area contributed by atoms with Gasteiger partial charge in [0, 0.05) is 0 Å². The third kappa shape index (κ3) is 2.18. The van der Waals surface area contributed by atoms with E-state index >= 15 is 0 Å². The van der Waals surface area contributed by atoms with Gasteiger partial charge in [0.2, 0.25) is 6.79 Å². The first-order chi connectivity index (χ1) is 8.42. The Morgan fingerprint density at radius 2 is 1.88 bits per heavy atom. The quantitative estimate of drug-likeness (QED) is 0.807. The lowest BCUT2D eigenvalue weighted by atomic mass is 10.2. The van der Waals surface area contributed by atoms with Gasteiger partial charge in [0.05, 0.1) is 0 Å². The van der Waals surface area contributed by atoms with E-state index < -0.39 is 0 Å². The molecular formula is C14H11O3. The second-order valence-corrected chi connectivity index (χ2v) is 3.71. The smallest absolute Gasteiger partial charge is 0.231 e. The Bertz CT molecular complexity index is 508. The fourth-order valence-corrected chi connectivity index (χ4v) is 1.67. The van der Waals surface area contributed by atoms with E-state index in [1.807, 2.05) is 42.5 Å². The average molecular weight is 227 g/mol. The molecule has 3 rings (SSSR count). The predicted molar refractivity (Wildman–Crippen MR) is 62.2 cm³/mol. The van der Waals surface area contributed by atoms with Gasteiger partial charge in [-0.15, -0.1) is 0 Å². The molecule has 0 saturated heterocycles. The summed E-state index contributed by atoms with van der Waals surface area (Å²) in [6, 6.07) is 16.2. The Labute approximate surface area is 99.6 Å². The molecule has 1 radical (unpaired) electrons. The summed E-state index contributed by atoms with van der Waals surface area (Å²) >= 11 is 0. The number of hydrogen-bond acceptors (Lipinski definition) is 3. The molecule has 0 bridgehead atoms. The van der Waals surface area contributed by atoms with Crippen LogP contribution in [-0.2, 0) is 6.61 Å². The summed E-state index contributed by atoms with van der Waals surface area (Å²) < 4.78 is 16.2. The summed E-state index contributed by atoms with van der Waals surface area (Å²) in [4.78, 5) is 0. The molecule has 0 spiro atoms. The monoisotopic (exact) mass is 227 g/mol. The second kappa shape index (κ2) is 4.37. The molecule has 0 atom stereocenters. The Morgan fingerprint density at radius 1 is 1.06 bits per heavy atom. The lowest BCUT2D eigenvalue weighted by Gasteiger charge is -2.06. The minimum atomic E-state index is 0.300. The molecule has 0 amide bonds. The number of hydrogen-bond donors (Lipinski definition) is 0. The molecule has 0 N–H and O–H groups in total. The van der Waals surface area contributed by atoms with Crippen LogP contribution < -0.4 is 14.2 Å². The fourth-order valence-electron chi connectivity index (χ4n) is 1.67. The Morgan fingerprint density at radius 3 is 2.76 bits per heavy atom. The average Bonchev–Trinajstić information content (AvgIpc) is 2.85. The van der Waals surface area contributed by atoms with Crippen LogP contribution in [0.2, 0.25) is 0 Å². The molecule has 0 unspecified atom stereocenters. The molecule has 0 aromatic heterocycles. The van der Waals surface area contributed by atoms with Gasteiger partial charge in [-0.2, -0.15) is 0 Å². The van der Waals surface area contributed by atoms with Crippen LogP contribution in [0.3, 0.4) is 0 Å². The molecule has 0 aliphatic carbocycles. The van der Waals surface area contributed by atoms with Crippen molar-refractivity contribution in [2.45, 2.75) is 6.61 Å². The maximum Gasteiger partial charge on any atom is 0.231 e. The highest BCUT2D eigenvalue weighted by Gasteiger charge is 2.13. The first kappa shape index (κ1) is 10.0. The van der Waals surface area contributed by atoms with Gasteiger partial charge in [0.1, 0.15) is 12.4 Å². The van der Waals surface area contributed by atoms with Crippen LogP contribution in [0.15, 0.2) is 42.5 Å². The molecule has 3 heteroatoms. The van der Waals surface area contributed by atoms with Gasteiger partial charge in [-0.05, 0) is 35.9 Å². The highest BCUT2D eigenvalue weighted by Crippen LogP contribution is 2.32. The highest BCUT2D eigenvalue weighted by atomic mass is 16.7. The zero-order chi connectivity index (χ0) is 11.5. The van der Waals surface area contributed by atoms with Gasteiger partial charge in [-0.1, -0.05) is 18.2 Å². The molecular weight excluding hydrogens is 216 g/mol. The molecule has 17 heavy (non-hydrogen) atoms. The normalized spacial score (nSPS) is 12.5. The number of rotatable bonds is 3. The maximum absolute atomic E-state index is 5.64. The predicted octanol–water partition coefficient (Wildman–Crippen LogP) is 2.79. The third-order valence-corrected chi connectivity index (χ3v) is 2.53. The van der Waals surface area contributed by atoms with Gasteiger partial charge >= 0.3 is 0 Å². The van der Waals surface area contributed by atoms with Crippen molar-refractivity contribution in [3.63, 3.8) is 0 Å². The second-order valence-electron chi connectivity index (χ2n) is 3.71. The number of benzene rings is 2. The van der Waals surface area contributed by atoms with Crippen LogP contribution in [0, 0.1) is 6.07 Å². The first-order valence-corrected chi connectivity index (χ1v) is 5.39. The summed E-state index contributed by atoms with van der Waals surface area (Å²) in [7, 11) is 0. The Kier molecular flexibility index (Phi) is 2.58. The van der Waals surface area contributed by atoms with Gasteiger partial charge in [-0.3, -0.25) is 0 Å². The Balaban J connectivity index is 1.70. The van der Waals surface area contributed by atoms with Gasteiger partial charge in [0.25, 0.3) is 0 Å². The van der Waals surface area contributed by atoms with Crippen LogP contribution in [0.4, 0.5) is 0 Å². The van der Waals surface area contributed by atoms with Crippen LogP contribution in [0.25, 0.3) is 0 Å². The van der Waals surface area contributed by atoms with E-state index in [0.29, 0.717) is 13.4 Å². The van der Waals surface area contributed by atoms with Crippen molar-refractivity contribution in [3.8, 4) is 17.2 Å². The molecule has 0 saturated carbocycles. The van der Waals surface area contributed by atoms with Crippen molar-refractivity contribution in [2.24, 2.45) is 0 Å². The van der Waals surface area contributed by atoms with Gasteiger partial charge in [-0.25, -0.2) is 0 Å². The summed E-state index contributed by atoms with van der Waals surface area (Å²) in [5.74, 6) is 2.41. The van der Waals surface area contributed by atoms with Crippen LogP contribution >= 0.6 is 0 Å². The molecule has 1 aliphatic heterocycles. The van der Waals surface area contributed by atoms with Crippen LogP contribution in [0.1, 0.15) is 5.56 Å². The van der Waals surface area contributed by atoms with E-state index in [1.165, 1.54) is 0 Å². The third-order valence-electron chi connectivity index (χ3n) is 2.53. The summed E-state index contributed by atoms with van der Waals surface area (Å²) in [6.07, 6.45) is 0. The molecule has 2 aromatic rings. The van der Waals surface area contributed by atoms with Crippen molar-refractivity contribution in [1.82, 2.24) is 0 Å². The summed E-state index contributed by atoms with van der Waals surface area (Å²) in [5, 5.41) is 0. The molecule has 0 fully saturated rings. The largest absolute Gasteiger partial charge is 0.489 e. The van der Waals surface area contributed by atoms with E-state index in [2.05, 4.69) is 6.07 Å². The minimum Gasteiger partial charge on any atom is -0.489 e. The van der Waals surface area contributed by atoms with Crippen LogP contribution in [0.5, 0.6) is 17.2 Å². The molecule has 3 nitrogen and oxygen atoms in total. The minimum absolute atomic E-state index is 0.300. The zero-order valence-electron chi connectivity index (χ0n) is 9.18. The van der Waals surface area contributed by atoms with Gasteiger partial charge in [0.15, 0.2) is 11.5 Å². The van der Waals surface area contributed by atoms with E-state index in [-0.39, 0.29) is 0 Å². The van der Waals surface area contributed by atoms with Crippen LogP contribution in [-0.4, -0.2) is 6.79 Å². The topological polar surface area (TPSA) is 27.7 Å².